The molecule has 0 saturated heterocycles. The van der Waals surface area contributed by atoms with E-state index in [2.05, 4.69) is 25.4 Å². The van der Waals surface area contributed by atoms with E-state index in [4.69, 9.17) is 8.05 Å². The molecule has 0 spiro atoms. The van der Waals surface area contributed by atoms with Gasteiger partial charge in [0.05, 0.1) is 0 Å². The van der Waals surface area contributed by atoms with E-state index >= 15 is 0 Å². The molecular formula is C12H25BO. The van der Waals surface area contributed by atoms with Crippen LogP contribution in [0.15, 0.2) is 0 Å². The summed E-state index contributed by atoms with van der Waals surface area (Å²) in [5.74, 6) is 0. The lowest BCUT2D eigenvalue weighted by molar-refractivity contribution is 0.217. The van der Waals surface area contributed by atoms with Crippen LogP contribution in [0, 0.1) is 5.41 Å². The summed E-state index contributed by atoms with van der Waals surface area (Å²) in [5, 5.41) is 0. The van der Waals surface area contributed by atoms with E-state index in [-0.39, 0.29) is 0 Å². The van der Waals surface area contributed by atoms with Crippen LogP contribution < -0.4 is 0 Å². The molecule has 0 N–H and O–H groups in total. The molecule has 0 aliphatic heterocycles. The Bertz CT molecular complexity index is 113. The topological polar surface area (TPSA) is 9.23 Å². The molecule has 0 bridgehead atoms. The number of hydrogen-bond acceptors (Lipinski definition) is 1. The van der Waals surface area contributed by atoms with Crippen LogP contribution in [-0.2, 0) is 4.65 Å². The fraction of sp³-hybridized carbons (Fsp3) is 1.00. The summed E-state index contributed by atoms with van der Waals surface area (Å²) in [6.07, 6.45) is 8.97. The maximum absolute atomic E-state index is 4.98. The SMILES string of the molecule is [B]OCCCCCC(CC)(CC)CC. The fourth-order valence-corrected chi connectivity index (χ4v) is 2.14. The zero-order chi connectivity index (χ0) is 10.9. The Labute approximate surface area is 91.1 Å². The summed E-state index contributed by atoms with van der Waals surface area (Å²) in [5.41, 5.74) is 0.601. The van der Waals surface area contributed by atoms with Crippen LogP contribution >= 0.6 is 0 Å². The van der Waals surface area contributed by atoms with Gasteiger partial charge in [0.25, 0.3) is 8.05 Å². The molecule has 0 unspecified atom stereocenters. The summed E-state index contributed by atoms with van der Waals surface area (Å²) in [6, 6.07) is 0. The van der Waals surface area contributed by atoms with Gasteiger partial charge in [0, 0.05) is 6.61 Å². The molecular weight excluding hydrogens is 171 g/mol. The summed E-state index contributed by atoms with van der Waals surface area (Å²) < 4.78 is 4.55. The third-order valence-electron chi connectivity index (χ3n) is 3.72. The van der Waals surface area contributed by atoms with Crippen LogP contribution in [0.2, 0.25) is 0 Å². The molecule has 0 heterocycles. The van der Waals surface area contributed by atoms with Crippen molar-refractivity contribution in [3.8, 4) is 0 Å². The molecule has 0 fully saturated rings. The van der Waals surface area contributed by atoms with Crippen LogP contribution in [0.5, 0.6) is 0 Å². The third kappa shape index (κ3) is 5.04. The average Bonchev–Trinajstić information content (AvgIpc) is 2.24. The minimum absolute atomic E-state index is 0.601. The summed E-state index contributed by atoms with van der Waals surface area (Å²) >= 11 is 0. The molecule has 0 aromatic rings. The number of rotatable bonds is 9. The molecule has 0 aliphatic carbocycles. The molecule has 1 nitrogen and oxygen atoms in total. The third-order valence-corrected chi connectivity index (χ3v) is 3.72. The number of unbranched alkanes of at least 4 members (excludes halogenated alkanes) is 2. The molecule has 0 aromatic heterocycles. The van der Waals surface area contributed by atoms with Crippen LogP contribution in [0.1, 0.15) is 65.7 Å². The van der Waals surface area contributed by atoms with Crippen LogP contribution in [0.3, 0.4) is 0 Å². The Morgan fingerprint density at radius 2 is 1.50 bits per heavy atom. The molecule has 0 atom stereocenters. The fourth-order valence-electron chi connectivity index (χ4n) is 2.14. The van der Waals surface area contributed by atoms with Gasteiger partial charge in [0.15, 0.2) is 0 Å². The molecule has 0 rings (SSSR count). The maximum atomic E-state index is 4.98. The van der Waals surface area contributed by atoms with Gasteiger partial charge in [-0.05, 0) is 18.3 Å². The summed E-state index contributed by atoms with van der Waals surface area (Å²) in [6.45, 7) is 7.65. The van der Waals surface area contributed by atoms with E-state index in [1.165, 1.54) is 38.5 Å². The first-order chi connectivity index (χ1) is 6.74. The lowest BCUT2D eigenvalue weighted by atomic mass is 9.76. The van der Waals surface area contributed by atoms with Crippen molar-refractivity contribution in [1.82, 2.24) is 0 Å². The second-order valence-corrected chi connectivity index (χ2v) is 4.24. The standard InChI is InChI=1S/C12H25BO/c1-4-12(5-2,6-3)10-8-7-9-11-14-13/h4-11H2,1-3H3. The van der Waals surface area contributed by atoms with Crippen molar-refractivity contribution in [1.29, 1.82) is 0 Å². The minimum Gasteiger partial charge on any atom is -0.448 e. The van der Waals surface area contributed by atoms with Gasteiger partial charge in [-0.3, -0.25) is 0 Å². The first-order valence-corrected chi connectivity index (χ1v) is 6.06. The molecule has 2 radical (unpaired) electrons. The van der Waals surface area contributed by atoms with Crippen molar-refractivity contribution in [3.63, 3.8) is 0 Å². The average molecular weight is 196 g/mol. The van der Waals surface area contributed by atoms with Crippen LogP contribution in [-0.4, -0.2) is 14.7 Å². The van der Waals surface area contributed by atoms with Gasteiger partial charge in [-0.25, -0.2) is 0 Å². The molecule has 0 aliphatic rings. The zero-order valence-electron chi connectivity index (χ0n) is 10.1. The second kappa shape index (κ2) is 8.34. The van der Waals surface area contributed by atoms with Crippen molar-refractivity contribution in [2.45, 2.75) is 65.7 Å². The Kier molecular flexibility index (Phi) is 8.36. The molecule has 2 heteroatoms. The zero-order valence-corrected chi connectivity index (χ0v) is 10.1. The van der Waals surface area contributed by atoms with Crippen molar-refractivity contribution in [2.75, 3.05) is 6.61 Å². The molecule has 82 valence electrons. The summed E-state index contributed by atoms with van der Waals surface area (Å²) in [7, 11) is 4.98. The van der Waals surface area contributed by atoms with Crippen LogP contribution in [0.25, 0.3) is 0 Å². The molecule has 0 saturated carbocycles. The van der Waals surface area contributed by atoms with Gasteiger partial charge < -0.3 is 4.65 Å². The Morgan fingerprint density at radius 3 is 1.93 bits per heavy atom. The van der Waals surface area contributed by atoms with Gasteiger partial charge >= 0.3 is 0 Å². The van der Waals surface area contributed by atoms with Gasteiger partial charge in [-0.2, -0.15) is 0 Å². The van der Waals surface area contributed by atoms with Gasteiger partial charge in [0.2, 0.25) is 0 Å². The van der Waals surface area contributed by atoms with Crippen LogP contribution in [0.4, 0.5) is 0 Å². The van der Waals surface area contributed by atoms with Gasteiger partial charge in [0.1, 0.15) is 0 Å². The van der Waals surface area contributed by atoms with E-state index < -0.39 is 0 Å². The van der Waals surface area contributed by atoms with Crippen molar-refractivity contribution >= 4 is 8.05 Å². The molecule has 0 aromatic carbocycles. The van der Waals surface area contributed by atoms with Crippen molar-refractivity contribution in [3.05, 3.63) is 0 Å². The lowest BCUT2D eigenvalue weighted by Crippen LogP contribution is -2.17. The van der Waals surface area contributed by atoms with E-state index in [0.717, 1.165) is 6.42 Å². The Morgan fingerprint density at radius 1 is 0.929 bits per heavy atom. The minimum atomic E-state index is 0.601. The van der Waals surface area contributed by atoms with E-state index in [9.17, 15) is 0 Å². The smallest absolute Gasteiger partial charge is 0.282 e. The number of hydrogen-bond donors (Lipinski definition) is 0. The van der Waals surface area contributed by atoms with Crippen molar-refractivity contribution < 1.29 is 4.65 Å². The van der Waals surface area contributed by atoms with E-state index in [1.807, 2.05) is 0 Å². The highest BCUT2D eigenvalue weighted by Gasteiger charge is 2.22. The second-order valence-electron chi connectivity index (χ2n) is 4.24. The Balaban J connectivity index is 3.61. The Hall–Kier alpha value is 0.0249. The van der Waals surface area contributed by atoms with E-state index in [1.54, 1.807) is 0 Å². The van der Waals surface area contributed by atoms with E-state index in [0.29, 0.717) is 12.0 Å². The van der Waals surface area contributed by atoms with Gasteiger partial charge in [-0.1, -0.05) is 52.9 Å². The highest BCUT2D eigenvalue weighted by molar-refractivity contribution is 5.97. The van der Waals surface area contributed by atoms with Crippen molar-refractivity contribution in [2.24, 2.45) is 5.41 Å². The predicted molar refractivity (Wildman–Crippen MR) is 63.5 cm³/mol. The predicted octanol–water partition coefficient (Wildman–Crippen LogP) is 3.86. The first kappa shape index (κ1) is 14.0. The monoisotopic (exact) mass is 196 g/mol. The van der Waals surface area contributed by atoms with Gasteiger partial charge in [-0.15, -0.1) is 0 Å². The first-order valence-electron chi connectivity index (χ1n) is 6.06. The normalized spacial score (nSPS) is 11.9. The largest absolute Gasteiger partial charge is 0.448 e. The quantitative estimate of drug-likeness (QED) is 0.402. The highest BCUT2D eigenvalue weighted by atomic mass is 16.4. The molecule has 14 heavy (non-hydrogen) atoms. The lowest BCUT2D eigenvalue weighted by Gasteiger charge is -2.30. The summed E-state index contributed by atoms with van der Waals surface area (Å²) in [4.78, 5) is 0. The molecule has 0 amide bonds. The maximum Gasteiger partial charge on any atom is 0.282 e. The highest BCUT2D eigenvalue weighted by Crippen LogP contribution is 2.35.